The molecule has 3 nitrogen and oxygen atoms in total. The van der Waals surface area contributed by atoms with Crippen LogP contribution in [0.5, 0.6) is 0 Å². The molecule has 13 heavy (non-hydrogen) atoms. The molecule has 1 aromatic rings. The molecule has 0 saturated heterocycles. The summed E-state index contributed by atoms with van der Waals surface area (Å²) in [5, 5.41) is 1.85. The van der Waals surface area contributed by atoms with Crippen molar-refractivity contribution in [1.29, 1.82) is 0 Å². The van der Waals surface area contributed by atoms with E-state index in [2.05, 4.69) is 18.8 Å². The van der Waals surface area contributed by atoms with Gasteiger partial charge in [0.25, 0.3) is 0 Å². The SMILES string of the molecule is CC(C)Cc1nc(N(C)C)sc1N. The Bertz CT molecular complexity index is 278. The number of hydrogen-bond donors (Lipinski definition) is 1. The zero-order valence-electron chi connectivity index (χ0n) is 8.66. The van der Waals surface area contributed by atoms with Gasteiger partial charge in [-0.2, -0.15) is 0 Å². The third-order valence-electron chi connectivity index (χ3n) is 1.70. The maximum Gasteiger partial charge on any atom is 0.187 e. The van der Waals surface area contributed by atoms with Crippen LogP contribution in [0.25, 0.3) is 0 Å². The normalized spacial score (nSPS) is 10.8. The summed E-state index contributed by atoms with van der Waals surface area (Å²) in [5.74, 6) is 0.611. The largest absolute Gasteiger partial charge is 0.389 e. The third kappa shape index (κ3) is 2.59. The summed E-state index contributed by atoms with van der Waals surface area (Å²) in [6.45, 7) is 4.35. The molecule has 0 saturated carbocycles. The molecular weight excluding hydrogens is 182 g/mol. The average molecular weight is 199 g/mol. The van der Waals surface area contributed by atoms with Crippen molar-refractivity contribution in [1.82, 2.24) is 4.98 Å². The van der Waals surface area contributed by atoms with E-state index in [0.717, 1.165) is 22.2 Å². The number of hydrogen-bond acceptors (Lipinski definition) is 4. The van der Waals surface area contributed by atoms with Gasteiger partial charge in [0.15, 0.2) is 5.13 Å². The van der Waals surface area contributed by atoms with E-state index in [9.17, 15) is 0 Å². The Morgan fingerprint density at radius 3 is 2.46 bits per heavy atom. The Kier molecular flexibility index (Phi) is 3.14. The van der Waals surface area contributed by atoms with E-state index in [1.165, 1.54) is 0 Å². The van der Waals surface area contributed by atoms with Crippen molar-refractivity contribution in [3.8, 4) is 0 Å². The van der Waals surface area contributed by atoms with Gasteiger partial charge in [-0.15, -0.1) is 0 Å². The van der Waals surface area contributed by atoms with Crippen molar-refractivity contribution in [2.75, 3.05) is 24.7 Å². The zero-order valence-corrected chi connectivity index (χ0v) is 9.48. The fraction of sp³-hybridized carbons (Fsp3) is 0.667. The predicted octanol–water partition coefficient (Wildman–Crippen LogP) is 1.99. The third-order valence-corrected chi connectivity index (χ3v) is 2.79. The highest BCUT2D eigenvalue weighted by atomic mass is 32.1. The van der Waals surface area contributed by atoms with Crippen molar-refractivity contribution in [3.05, 3.63) is 5.69 Å². The maximum absolute atomic E-state index is 5.86. The Labute approximate surface area is 83.6 Å². The first-order valence-corrected chi connectivity index (χ1v) is 5.25. The molecule has 74 valence electrons. The summed E-state index contributed by atoms with van der Waals surface area (Å²) < 4.78 is 0. The molecule has 2 N–H and O–H groups in total. The smallest absolute Gasteiger partial charge is 0.187 e. The first kappa shape index (κ1) is 10.3. The fourth-order valence-electron chi connectivity index (χ4n) is 1.07. The molecule has 0 amide bonds. The van der Waals surface area contributed by atoms with Gasteiger partial charge in [-0.1, -0.05) is 25.2 Å². The van der Waals surface area contributed by atoms with Gasteiger partial charge in [0.2, 0.25) is 0 Å². The van der Waals surface area contributed by atoms with Crippen LogP contribution in [0.3, 0.4) is 0 Å². The lowest BCUT2D eigenvalue weighted by Crippen LogP contribution is -2.08. The molecule has 0 aliphatic carbocycles. The second-order valence-electron chi connectivity index (χ2n) is 3.80. The van der Waals surface area contributed by atoms with Gasteiger partial charge in [0, 0.05) is 14.1 Å². The summed E-state index contributed by atoms with van der Waals surface area (Å²) >= 11 is 1.56. The number of thiazole rings is 1. The maximum atomic E-state index is 5.86. The molecule has 0 fully saturated rings. The van der Waals surface area contributed by atoms with Crippen LogP contribution in [0.15, 0.2) is 0 Å². The average Bonchev–Trinajstić information content (AvgIpc) is 2.31. The van der Waals surface area contributed by atoms with E-state index in [1.54, 1.807) is 11.3 Å². The van der Waals surface area contributed by atoms with Gasteiger partial charge in [0.05, 0.1) is 5.69 Å². The highest BCUT2D eigenvalue weighted by Crippen LogP contribution is 2.28. The molecule has 1 rings (SSSR count). The molecule has 0 spiro atoms. The molecule has 0 aliphatic rings. The van der Waals surface area contributed by atoms with Gasteiger partial charge in [-0.05, 0) is 12.3 Å². The van der Waals surface area contributed by atoms with Gasteiger partial charge < -0.3 is 10.6 Å². The van der Waals surface area contributed by atoms with Crippen molar-refractivity contribution < 1.29 is 0 Å². The topological polar surface area (TPSA) is 42.2 Å². The Morgan fingerprint density at radius 1 is 1.46 bits per heavy atom. The van der Waals surface area contributed by atoms with Crippen LogP contribution in [0, 0.1) is 5.92 Å². The molecule has 0 atom stereocenters. The standard InChI is InChI=1S/C9H17N3S/c1-6(2)5-7-8(10)13-9(11-7)12(3)4/h6H,5,10H2,1-4H3. The summed E-state index contributed by atoms with van der Waals surface area (Å²) in [4.78, 5) is 6.46. The van der Waals surface area contributed by atoms with Crippen molar-refractivity contribution >= 4 is 21.5 Å². The fourth-order valence-corrected chi connectivity index (χ4v) is 1.86. The monoisotopic (exact) mass is 199 g/mol. The van der Waals surface area contributed by atoms with Crippen LogP contribution in [0.2, 0.25) is 0 Å². The highest BCUT2D eigenvalue weighted by molar-refractivity contribution is 7.19. The van der Waals surface area contributed by atoms with Crippen LogP contribution >= 0.6 is 11.3 Å². The number of nitrogens with zero attached hydrogens (tertiary/aromatic N) is 2. The van der Waals surface area contributed by atoms with Crippen LogP contribution in [0.1, 0.15) is 19.5 Å². The van der Waals surface area contributed by atoms with Gasteiger partial charge in [-0.25, -0.2) is 4.98 Å². The van der Waals surface area contributed by atoms with E-state index < -0.39 is 0 Å². The van der Waals surface area contributed by atoms with Gasteiger partial charge in [0.1, 0.15) is 5.00 Å². The summed E-state index contributed by atoms with van der Waals surface area (Å²) in [6.07, 6.45) is 0.968. The van der Waals surface area contributed by atoms with Crippen molar-refractivity contribution in [3.63, 3.8) is 0 Å². The minimum atomic E-state index is 0.611. The van der Waals surface area contributed by atoms with Crippen LogP contribution in [0.4, 0.5) is 10.1 Å². The van der Waals surface area contributed by atoms with E-state index in [-0.39, 0.29) is 0 Å². The second-order valence-corrected chi connectivity index (χ2v) is 4.81. The Balaban J connectivity index is 2.83. The Morgan fingerprint density at radius 2 is 2.08 bits per heavy atom. The minimum Gasteiger partial charge on any atom is -0.389 e. The lowest BCUT2D eigenvalue weighted by atomic mass is 10.1. The number of nitrogens with two attached hydrogens (primary N) is 1. The lowest BCUT2D eigenvalue weighted by molar-refractivity contribution is 0.639. The summed E-state index contributed by atoms with van der Waals surface area (Å²) in [6, 6.07) is 0. The summed E-state index contributed by atoms with van der Waals surface area (Å²) in [5.41, 5.74) is 6.90. The van der Waals surface area contributed by atoms with E-state index in [1.807, 2.05) is 19.0 Å². The lowest BCUT2D eigenvalue weighted by Gasteiger charge is -2.05. The first-order valence-electron chi connectivity index (χ1n) is 4.43. The molecule has 0 aromatic carbocycles. The van der Waals surface area contributed by atoms with Crippen molar-refractivity contribution in [2.45, 2.75) is 20.3 Å². The molecule has 1 aromatic heterocycles. The minimum absolute atomic E-state index is 0.611. The molecule has 0 unspecified atom stereocenters. The number of anilines is 2. The molecule has 4 heteroatoms. The van der Waals surface area contributed by atoms with E-state index >= 15 is 0 Å². The van der Waals surface area contributed by atoms with Crippen LogP contribution in [-0.2, 0) is 6.42 Å². The summed E-state index contributed by atoms with van der Waals surface area (Å²) in [7, 11) is 3.97. The second kappa shape index (κ2) is 3.96. The molecule has 0 bridgehead atoms. The molecule has 0 aliphatic heterocycles. The number of rotatable bonds is 3. The zero-order chi connectivity index (χ0) is 10.0. The van der Waals surface area contributed by atoms with E-state index in [0.29, 0.717) is 5.92 Å². The van der Waals surface area contributed by atoms with Crippen LogP contribution in [-0.4, -0.2) is 19.1 Å². The molecule has 0 radical (unpaired) electrons. The van der Waals surface area contributed by atoms with Crippen LogP contribution < -0.4 is 10.6 Å². The quantitative estimate of drug-likeness (QED) is 0.809. The van der Waals surface area contributed by atoms with E-state index in [4.69, 9.17) is 5.73 Å². The highest BCUT2D eigenvalue weighted by Gasteiger charge is 2.10. The number of nitrogen functional groups attached to an aromatic ring is 1. The first-order chi connectivity index (χ1) is 6.00. The Hall–Kier alpha value is -0.770. The number of aromatic nitrogens is 1. The van der Waals surface area contributed by atoms with Crippen molar-refractivity contribution in [2.24, 2.45) is 5.92 Å². The van der Waals surface area contributed by atoms with Gasteiger partial charge >= 0.3 is 0 Å². The van der Waals surface area contributed by atoms with Gasteiger partial charge in [-0.3, -0.25) is 0 Å². The predicted molar refractivity (Wildman–Crippen MR) is 59.4 cm³/mol. The molecule has 1 heterocycles. The molecular formula is C9H17N3S.